The van der Waals surface area contributed by atoms with Crippen LogP contribution in [0.15, 0.2) is 42.7 Å². The number of rotatable bonds is 4. The molecule has 4 N–H and O–H groups in total. The number of carbonyl (C=O) groups is 1. The lowest BCUT2D eigenvalue weighted by Gasteiger charge is -2.07. The maximum Gasteiger partial charge on any atom is 0.320 e. The summed E-state index contributed by atoms with van der Waals surface area (Å²) in [4.78, 5) is 15.4. The topological polar surface area (TPSA) is 101 Å². The summed E-state index contributed by atoms with van der Waals surface area (Å²) in [6.07, 6.45) is 1.61. The van der Waals surface area contributed by atoms with E-state index in [1.807, 2.05) is 28.8 Å². The SMILES string of the molecule is CB(O)c1ccc(Cn2cnc3c(O)c(C(N)=O)ccc32)cc1. The zero-order valence-electron chi connectivity index (χ0n) is 12.6. The Kier molecular flexibility index (Phi) is 3.79. The van der Waals surface area contributed by atoms with Gasteiger partial charge in [-0.1, -0.05) is 31.1 Å². The number of carbonyl (C=O) groups excluding carboxylic acids is 1. The van der Waals surface area contributed by atoms with Crippen molar-refractivity contribution in [3.63, 3.8) is 0 Å². The number of primary amides is 1. The van der Waals surface area contributed by atoms with Crippen molar-refractivity contribution in [2.75, 3.05) is 0 Å². The van der Waals surface area contributed by atoms with Crippen molar-refractivity contribution in [1.82, 2.24) is 9.55 Å². The summed E-state index contributed by atoms with van der Waals surface area (Å²) in [7, 11) is 0. The minimum Gasteiger partial charge on any atom is -0.505 e. The van der Waals surface area contributed by atoms with Crippen molar-refractivity contribution < 1.29 is 14.9 Å². The molecule has 1 aromatic heterocycles. The van der Waals surface area contributed by atoms with Crippen LogP contribution in [0.3, 0.4) is 0 Å². The first-order valence-electron chi connectivity index (χ1n) is 7.21. The number of aromatic hydroxyl groups is 1. The smallest absolute Gasteiger partial charge is 0.320 e. The van der Waals surface area contributed by atoms with Crippen LogP contribution in [0.2, 0.25) is 6.82 Å². The first-order chi connectivity index (χ1) is 11.0. The molecule has 0 aliphatic rings. The molecule has 0 atom stereocenters. The van der Waals surface area contributed by atoms with E-state index in [1.165, 1.54) is 6.07 Å². The summed E-state index contributed by atoms with van der Waals surface area (Å²) in [5.41, 5.74) is 8.23. The summed E-state index contributed by atoms with van der Waals surface area (Å²) in [6, 6.07) is 10.8. The molecule has 116 valence electrons. The highest BCUT2D eigenvalue weighted by atomic mass is 16.3. The molecule has 0 aliphatic carbocycles. The number of nitrogens with zero attached hydrogens (tertiary/aromatic N) is 2. The second-order valence-electron chi connectivity index (χ2n) is 5.48. The van der Waals surface area contributed by atoms with Crippen LogP contribution in [0, 0.1) is 0 Å². The van der Waals surface area contributed by atoms with Gasteiger partial charge in [0.25, 0.3) is 5.91 Å². The molecule has 0 aliphatic heterocycles. The third-order valence-electron chi connectivity index (χ3n) is 3.85. The average Bonchev–Trinajstić information content (AvgIpc) is 2.92. The van der Waals surface area contributed by atoms with Crippen LogP contribution in [-0.4, -0.2) is 32.5 Å². The number of phenols is 1. The molecule has 2 aromatic carbocycles. The summed E-state index contributed by atoms with van der Waals surface area (Å²) in [5.74, 6) is -0.883. The van der Waals surface area contributed by atoms with E-state index in [-0.39, 0.29) is 11.3 Å². The van der Waals surface area contributed by atoms with E-state index in [1.54, 1.807) is 19.2 Å². The lowest BCUT2D eigenvalue weighted by atomic mass is 9.64. The fourth-order valence-corrected chi connectivity index (χ4v) is 2.54. The first-order valence-corrected chi connectivity index (χ1v) is 7.21. The van der Waals surface area contributed by atoms with Crippen molar-refractivity contribution >= 4 is 29.3 Å². The van der Waals surface area contributed by atoms with E-state index >= 15 is 0 Å². The minimum atomic E-state index is -0.687. The van der Waals surface area contributed by atoms with Gasteiger partial charge in [0.05, 0.1) is 17.4 Å². The first kappa shape index (κ1) is 15.1. The predicted octanol–water partition coefficient (Wildman–Crippen LogP) is 0.710. The van der Waals surface area contributed by atoms with Gasteiger partial charge in [0.2, 0.25) is 0 Å². The molecule has 0 bridgehead atoms. The molecule has 7 heteroatoms. The molecule has 6 nitrogen and oxygen atoms in total. The number of aromatic nitrogens is 2. The van der Waals surface area contributed by atoms with Crippen LogP contribution in [0.4, 0.5) is 0 Å². The Morgan fingerprint density at radius 2 is 1.96 bits per heavy atom. The van der Waals surface area contributed by atoms with Crippen LogP contribution >= 0.6 is 0 Å². The molecule has 0 saturated carbocycles. The van der Waals surface area contributed by atoms with Crippen molar-refractivity contribution in [3.8, 4) is 5.75 Å². The zero-order valence-corrected chi connectivity index (χ0v) is 12.6. The van der Waals surface area contributed by atoms with E-state index < -0.39 is 12.8 Å². The van der Waals surface area contributed by atoms with E-state index in [4.69, 9.17) is 5.73 Å². The summed E-state index contributed by atoms with van der Waals surface area (Å²) in [5, 5.41) is 19.6. The minimum absolute atomic E-state index is 0.0593. The molecular weight excluding hydrogens is 293 g/mol. The Balaban J connectivity index is 1.95. The van der Waals surface area contributed by atoms with Crippen LogP contribution < -0.4 is 11.2 Å². The van der Waals surface area contributed by atoms with E-state index in [9.17, 15) is 14.9 Å². The molecule has 0 saturated heterocycles. The van der Waals surface area contributed by atoms with Gasteiger partial charge in [-0.05, 0) is 23.2 Å². The van der Waals surface area contributed by atoms with Gasteiger partial charge in [0, 0.05) is 6.54 Å². The third-order valence-corrected chi connectivity index (χ3v) is 3.85. The van der Waals surface area contributed by atoms with Crippen molar-refractivity contribution in [3.05, 3.63) is 53.9 Å². The van der Waals surface area contributed by atoms with E-state index in [0.29, 0.717) is 17.6 Å². The summed E-state index contributed by atoms with van der Waals surface area (Å²) >= 11 is 0. The summed E-state index contributed by atoms with van der Waals surface area (Å²) < 4.78 is 1.87. The number of amides is 1. The Bertz CT molecular complexity index is 872. The van der Waals surface area contributed by atoms with Crippen molar-refractivity contribution in [1.29, 1.82) is 0 Å². The van der Waals surface area contributed by atoms with E-state index in [2.05, 4.69) is 4.98 Å². The van der Waals surface area contributed by atoms with Crippen LogP contribution in [0.5, 0.6) is 5.75 Å². The van der Waals surface area contributed by atoms with Gasteiger partial charge in [0.1, 0.15) is 5.52 Å². The van der Waals surface area contributed by atoms with Crippen LogP contribution in [0.25, 0.3) is 11.0 Å². The van der Waals surface area contributed by atoms with Gasteiger partial charge in [0.15, 0.2) is 5.75 Å². The number of hydrogen-bond donors (Lipinski definition) is 3. The van der Waals surface area contributed by atoms with Gasteiger partial charge in [-0.3, -0.25) is 4.79 Å². The van der Waals surface area contributed by atoms with Gasteiger partial charge >= 0.3 is 6.92 Å². The van der Waals surface area contributed by atoms with Crippen LogP contribution in [-0.2, 0) is 6.54 Å². The molecule has 0 unspecified atom stereocenters. The fourth-order valence-electron chi connectivity index (χ4n) is 2.54. The predicted molar refractivity (Wildman–Crippen MR) is 88.9 cm³/mol. The van der Waals surface area contributed by atoms with E-state index in [0.717, 1.165) is 11.0 Å². The number of nitrogens with two attached hydrogens (primary N) is 1. The Hall–Kier alpha value is -2.80. The molecule has 3 rings (SSSR count). The molecule has 0 fully saturated rings. The second-order valence-corrected chi connectivity index (χ2v) is 5.48. The molecular formula is C16H16BN3O3. The fraction of sp³-hybridized carbons (Fsp3) is 0.125. The number of benzene rings is 2. The lowest BCUT2D eigenvalue weighted by molar-refractivity contribution is 0.0998. The van der Waals surface area contributed by atoms with Gasteiger partial charge in [-0.2, -0.15) is 0 Å². The molecule has 1 heterocycles. The highest BCUT2D eigenvalue weighted by molar-refractivity contribution is 6.64. The molecule has 1 amide bonds. The maximum atomic E-state index is 11.3. The quantitative estimate of drug-likeness (QED) is 0.618. The molecule has 0 radical (unpaired) electrons. The van der Waals surface area contributed by atoms with Gasteiger partial charge < -0.3 is 20.4 Å². The highest BCUT2D eigenvalue weighted by Gasteiger charge is 2.15. The molecule has 23 heavy (non-hydrogen) atoms. The standard InChI is InChI=1S/C16H16BN3O3/c1-17(23)11-4-2-10(3-5-11)8-20-9-19-14-13(20)7-6-12(15(14)21)16(18)22/h2-7,9,21,23H,8H2,1H3,(H2,18,22). The lowest BCUT2D eigenvalue weighted by Crippen LogP contribution is -2.25. The Morgan fingerprint density at radius 1 is 1.26 bits per heavy atom. The number of hydrogen-bond acceptors (Lipinski definition) is 4. The Morgan fingerprint density at radius 3 is 2.57 bits per heavy atom. The summed E-state index contributed by atoms with van der Waals surface area (Å²) in [6.45, 7) is 1.78. The second kappa shape index (κ2) is 5.77. The van der Waals surface area contributed by atoms with Gasteiger partial charge in [-0.25, -0.2) is 4.98 Å². The monoisotopic (exact) mass is 309 g/mol. The van der Waals surface area contributed by atoms with Crippen molar-refractivity contribution in [2.45, 2.75) is 13.4 Å². The van der Waals surface area contributed by atoms with Crippen molar-refractivity contribution in [2.24, 2.45) is 5.73 Å². The number of fused-ring (bicyclic) bond motifs is 1. The average molecular weight is 309 g/mol. The Labute approximate surface area is 133 Å². The zero-order chi connectivity index (χ0) is 16.6. The number of imidazole rings is 1. The molecule has 3 aromatic rings. The highest BCUT2D eigenvalue weighted by Crippen LogP contribution is 2.27. The third kappa shape index (κ3) is 2.78. The largest absolute Gasteiger partial charge is 0.505 e. The normalized spacial score (nSPS) is 10.9. The van der Waals surface area contributed by atoms with Crippen LogP contribution in [0.1, 0.15) is 15.9 Å². The maximum absolute atomic E-state index is 11.3. The van der Waals surface area contributed by atoms with Gasteiger partial charge in [-0.15, -0.1) is 0 Å². The molecule has 0 spiro atoms.